The number of carbonyl (C=O) groups excluding carboxylic acids is 3. The molecule has 29 heavy (non-hydrogen) atoms. The summed E-state index contributed by atoms with van der Waals surface area (Å²) in [6.07, 6.45) is 1.79. The number of unbranched alkanes of at least 4 members (excludes halogenated alkanes) is 1. The van der Waals surface area contributed by atoms with Gasteiger partial charge in [-0.1, -0.05) is 19.4 Å². The highest BCUT2D eigenvalue weighted by Crippen LogP contribution is 2.41. The molecule has 0 saturated carbocycles. The summed E-state index contributed by atoms with van der Waals surface area (Å²) in [6, 6.07) is 4.97. The van der Waals surface area contributed by atoms with E-state index >= 15 is 0 Å². The molecule has 9 nitrogen and oxygen atoms in total. The third-order valence-electron chi connectivity index (χ3n) is 4.02. The Morgan fingerprint density at radius 3 is 2.24 bits per heavy atom. The van der Waals surface area contributed by atoms with Crippen LogP contribution in [0.1, 0.15) is 39.2 Å². The number of ether oxygens (including phenoxy) is 5. The molecule has 0 aromatic heterocycles. The fraction of sp³-hybridized carbons (Fsp3) is 0.550. The van der Waals surface area contributed by atoms with Crippen molar-refractivity contribution >= 4 is 18.0 Å². The van der Waals surface area contributed by atoms with Crippen LogP contribution < -0.4 is 14.8 Å². The van der Waals surface area contributed by atoms with E-state index in [0.717, 1.165) is 18.4 Å². The smallest absolute Gasteiger partial charge is 0.453 e. The molecule has 0 spiro atoms. The number of benzene rings is 1. The van der Waals surface area contributed by atoms with Crippen molar-refractivity contribution in [2.24, 2.45) is 0 Å². The van der Waals surface area contributed by atoms with E-state index in [9.17, 15) is 14.4 Å². The number of alkyl carbamates (subject to hydrolysis) is 1. The fourth-order valence-electron chi connectivity index (χ4n) is 2.57. The molecule has 9 heteroatoms. The lowest BCUT2D eigenvalue weighted by Crippen LogP contribution is -2.55. The van der Waals surface area contributed by atoms with Crippen LogP contribution >= 0.6 is 0 Å². The molecule has 1 aromatic rings. The normalized spacial score (nSPS) is 13.5. The van der Waals surface area contributed by atoms with E-state index in [2.05, 4.69) is 5.32 Å². The van der Waals surface area contributed by atoms with Crippen molar-refractivity contribution in [2.45, 2.75) is 45.8 Å². The average Bonchev–Trinajstić information content (AvgIpc) is 3.09. The van der Waals surface area contributed by atoms with Gasteiger partial charge >= 0.3 is 23.8 Å². The van der Waals surface area contributed by atoms with Gasteiger partial charge in [-0.2, -0.15) is 0 Å². The van der Waals surface area contributed by atoms with Gasteiger partial charge < -0.3 is 29.0 Å². The van der Waals surface area contributed by atoms with E-state index < -0.39 is 23.8 Å². The van der Waals surface area contributed by atoms with Crippen molar-refractivity contribution in [1.29, 1.82) is 0 Å². The lowest BCUT2D eigenvalue weighted by atomic mass is 10.1. The van der Waals surface area contributed by atoms with Crippen LogP contribution in [0.3, 0.4) is 0 Å². The molecule has 1 aliphatic rings. The summed E-state index contributed by atoms with van der Waals surface area (Å²) in [6.45, 7) is 6.07. The monoisotopic (exact) mass is 409 g/mol. The maximum absolute atomic E-state index is 12.4. The zero-order chi connectivity index (χ0) is 21.3. The van der Waals surface area contributed by atoms with E-state index in [-0.39, 0.29) is 24.7 Å². The molecule has 0 saturated heterocycles. The van der Waals surface area contributed by atoms with Gasteiger partial charge in [-0.3, -0.25) is 0 Å². The van der Waals surface area contributed by atoms with Crippen LogP contribution in [0.5, 0.6) is 11.5 Å². The summed E-state index contributed by atoms with van der Waals surface area (Å²) in [7, 11) is 0. The maximum atomic E-state index is 12.4. The van der Waals surface area contributed by atoms with Crippen molar-refractivity contribution in [2.75, 3.05) is 26.4 Å². The van der Waals surface area contributed by atoms with Gasteiger partial charge in [-0.05, 0) is 44.4 Å². The molecule has 1 aliphatic heterocycles. The SMILES string of the molecule is CCCCOC(=O)NCCc1ccc2c(c1)OC(C(=O)OCC)(C(=O)OCC)O2. The molecule has 1 N–H and O–H groups in total. The Morgan fingerprint density at radius 2 is 1.62 bits per heavy atom. The van der Waals surface area contributed by atoms with E-state index in [4.69, 9.17) is 23.7 Å². The van der Waals surface area contributed by atoms with Gasteiger partial charge in [-0.15, -0.1) is 0 Å². The Hall–Kier alpha value is -2.97. The molecule has 0 aliphatic carbocycles. The van der Waals surface area contributed by atoms with Crippen LogP contribution in [0.15, 0.2) is 18.2 Å². The Balaban J connectivity index is 2.02. The quantitative estimate of drug-likeness (QED) is 0.271. The van der Waals surface area contributed by atoms with Crippen molar-refractivity contribution in [1.82, 2.24) is 5.32 Å². The van der Waals surface area contributed by atoms with E-state index in [0.29, 0.717) is 19.6 Å². The number of amides is 1. The van der Waals surface area contributed by atoms with E-state index in [1.54, 1.807) is 32.0 Å². The highest BCUT2D eigenvalue weighted by atomic mass is 16.8. The summed E-state index contributed by atoms with van der Waals surface area (Å²) in [4.78, 5) is 36.3. The molecule has 1 aromatic carbocycles. The van der Waals surface area contributed by atoms with Crippen LogP contribution in [0.2, 0.25) is 0 Å². The summed E-state index contributed by atoms with van der Waals surface area (Å²) in [5.74, 6) is -3.83. The number of hydrogen-bond acceptors (Lipinski definition) is 8. The van der Waals surface area contributed by atoms with Crippen LogP contribution in [0.25, 0.3) is 0 Å². The Morgan fingerprint density at radius 1 is 0.966 bits per heavy atom. The van der Waals surface area contributed by atoms with Gasteiger partial charge in [0.25, 0.3) is 0 Å². The Kier molecular flexibility index (Phi) is 8.11. The van der Waals surface area contributed by atoms with Crippen molar-refractivity contribution in [3.05, 3.63) is 23.8 Å². The van der Waals surface area contributed by atoms with Crippen molar-refractivity contribution < 1.29 is 38.1 Å². The number of nitrogens with one attached hydrogen (secondary N) is 1. The molecule has 0 bridgehead atoms. The highest BCUT2D eigenvalue weighted by molar-refractivity contribution is 6.03. The molecular weight excluding hydrogens is 382 g/mol. The second kappa shape index (κ2) is 10.5. The minimum Gasteiger partial charge on any atom is -0.460 e. The molecule has 0 unspecified atom stereocenters. The third-order valence-corrected chi connectivity index (χ3v) is 4.02. The Bertz CT molecular complexity index is 715. The topological polar surface area (TPSA) is 109 Å². The molecule has 0 atom stereocenters. The van der Waals surface area contributed by atoms with Gasteiger partial charge in [0.05, 0.1) is 19.8 Å². The van der Waals surface area contributed by atoms with Gasteiger partial charge in [-0.25, -0.2) is 14.4 Å². The third kappa shape index (κ3) is 5.52. The molecular formula is C20H27NO8. The average molecular weight is 409 g/mol. The number of carbonyl (C=O) groups is 3. The van der Waals surface area contributed by atoms with Crippen molar-refractivity contribution in [3.8, 4) is 11.5 Å². The molecule has 1 amide bonds. The zero-order valence-electron chi connectivity index (χ0n) is 16.9. The second-order valence-corrected chi connectivity index (χ2v) is 6.21. The maximum Gasteiger partial charge on any atom is 0.453 e. The van der Waals surface area contributed by atoms with E-state index in [1.165, 1.54) is 0 Å². The molecule has 160 valence electrons. The second-order valence-electron chi connectivity index (χ2n) is 6.21. The zero-order valence-corrected chi connectivity index (χ0v) is 16.9. The molecule has 1 heterocycles. The predicted molar refractivity (Wildman–Crippen MR) is 102 cm³/mol. The largest absolute Gasteiger partial charge is 0.460 e. The lowest BCUT2D eigenvalue weighted by molar-refractivity contribution is -0.202. The number of esters is 2. The number of rotatable bonds is 10. The van der Waals surface area contributed by atoms with Gasteiger partial charge in [0.2, 0.25) is 0 Å². The first-order valence-electron chi connectivity index (χ1n) is 9.72. The molecule has 0 radical (unpaired) electrons. The minimum absolute atomic E-state index is 0.0499. The summed E-state index contributed by atoms with van der Waals surface area (Å²) in [5, 5.41) is 2.66. The fourth-order valence-corrected chi connectivity index (χ4v) is 2.57. The van der Waals surface area contributed by atoms with Gasteiger partial charge in [0.15, 0.2) is 11.5 Å². The predicted octanol–water partition coefficient (Wildman–Crippen LogP) is 2.35. The standard InChI is InChI=1S/C20H27NO8/c1-4-7-12-27-19(24)21-11-10-14-8-9-15-16(13-14)29-20(28-15,17(22)25-5-2)18(23)26-6-3/h8-9,13H,4-7,10-12H2,1-3H3,(H,21,24). The lowest BCUT2D eigenvalue weighted by Gasteiger charge is -2.22. The first kappa shape index (κ1) is 22.3. The van der Waals surface area contributed by atoms with E-state index in [1.807, 2.05) is 6.92 Å². The number of fused-ring (bicyclic) bond motifs is 1. The Labute approximate surface area is 169 Å². The summed E-state index contributed by atoms with van der Waals surface area (Å²) >= 11 is 0. The number of hydrogen-bond donors (Lipinski definition) is 1. The summed E-state index contributed by atoms with van der Waals surface area (Å²) in [5.41, 5.74) is 0.810. The van der Waals surface area contributed by atoms with Gasteiger partial charge in [0, 0.05) is 6.54 Å². The minimum atomic E-state index is -2.31. The van der Waals surface area contributed by atoms with Crippen LogP contribution in [0, 0.1) is 0 Å². The first-order valence-corrected chi connectivity index (χ1v) is 9.72. The molecule has 0 fully saturated rings. The first-order chi connectivity index (χ1) is 14.0. The van der Waals surface area contributed by atoms with Crippen LogP contribution in [-0.2, 0) is 30.2 Å². The van der Waals surface area contributed by atoms with Crippen molar-refractivity contribution in [3.63, 3.8) is 0 Å². The van der Waals surface area contributed by atoms with Gasteiger partial charge in [0.1, 0.15) is 0 Å². The van der Waals surface area contributed by atoms with Crippen LogP contribution in [-0.4, -0.2) is 50.2 Å². The summed E-state index contributed by atoms with van der Waals surface area (Å²) < 4.78 is 26.0. The highest BCUT2D eigenvalue weighted by Gasteiger charge is 2.59. The van der Waals surface area contributed by atoms with Crippen LogP contribution in [0.4, 0.5) is 4.79 Å². The molecule has 2 rings (SSSR count).